The van der Waals surface area contributed by atoms with Crippen molar-refractivity contribution in [1.82, 2.24) is 0 Å². The molecule has 0 atom stereocenters. The largest absolute Gasteiger partial charge is 0.495 e. The first kappa shape index (κ1) is 11.0. The molecule has 0 saturated carbocycles. The molecule has 1 aromatic rings. The highest BCUT2D eigenvalue weighted by Crippen LogP contribution is 2.46. The van der Waals surface area contributed by atoms with E-state index in [1.54, 1.807) is 6.07 Å². The van der Waals surface area contributed by atoms with Crippen LogP contribution in [0.1, 0.15) is 5.56 Å². The van der Waals surface area contributed by atoms with E-state index in [2.05, 4.69) is 20.9 Å². The van der Waals surface area contributed by atoms with Gasteiger partial charge in [0.05, 0.1) is 13.7 Å². The monoisotopic (exact) mass is 285 g/mol. The molecular weight excluding hydrogens is 278 g/mol. The number of fused-ring (bicyclic) bond motifs is 1. The first-order valence-corrected chi connectivity index (χ1v) is 5.25. The van der Waals surface area contributed by atoms with E-state index < -0.39 is 0 Å². The topological polar surface area (TPSA) is 57.1 Å². The van der Waals surface area contributed by atoms with Gasteiger partial charge in [0, 0.05) is 5.56 Å². The fraction of sp³-hybridized carbons (Fsp3) is 0.300. The lowest BCUT2D eigenvalue weighted by atomic mass is 10.1. The van der Waals surface area contributed by atoms with E-state index in [0.29, 0.717) is 21.7 Å². The van der Waals surface area contributed by atoms with E-state index in [0.717, 1.165) is 5.56 Å². The van der Waals surface area contributed by atoms with Crippen LogP contribution < -0.4 is 14.2 Å². The molecule has 6 heteroatoms. The number of hydrogen-bond donors (Lipinski definition) is 0. The van der Waals surface area contributed by atoms with Gasteiger partial charge in [0.25, 0.3) is 0 Å². The Kier molecular flexibility index (Phi) is 3.12. The summed E-state index contributed by atoms with van der Waals surface area (Å²) < 4.78 is 16.4. The Morgan fingerprint density at radius 2 is 2.44 bits per heavy atom. The van der Waals surface area contributed by atoms with Gasteiger partial charge in [-0.15, -0.1) is 0 Å². The molecule has 1 aromatic carbocycles. The van der Waals surface area contributed by atoms with Gasteiger partial charge in [0.2, 0.25) is 12.9 Å². The third kappa shape index (κ3) is 1.77. The third-order valence-corrected chi connectivity index (χ3v) is 2.88. The molecular formula is C10H8BrNO4. The molecule has 0 amide bonds. The summed E-state index contributed by atoms with van der Waals surface area (Å²) in [5.41, 5.74) is 0.738. The first-order chi connectivity index (χ1) is 7.77. The van der Waals surface area contributed by atoms with Crippen molar-refractivity contribution >= 4 is 22.0 Å². The Labute approximate surface area is 100 Å². The molecule has 0 N–H and O–H groups in total. The fourth-order valence-electron chi connectivity index (χ4n) is 1.49. The summed E-state index contributed by atoms with van der Waals surface area (Å²) in [7, 11) is 1.54. The van der Waals surface area contributed by atoms with Crippen LogP contribution in [0, 0.1) is 0 Å². The number of nitrogens with zero attached hydrogens (tertiary/aromatic N) is 1. The van der Waals surface area contributed by atoms with Gasteiger partial charge in [-0.05, 0) is 22.0 Å². The van der Waals surface area contributed by atoms with Crippen LogP contribution in [0.15, 0.2) is 15.5 Å². The molecule has 0 aliphatic carbocycles. The molecule has 1 aliphatic heterocycles. The minimum Gasteiger partial charge on any atom is -0.495 e. The number of aliphatic imine (C=N–C) groups is 1. The van der Waals surface area contributed by atoms with Crippen LogP contribution in [0.3, 0.4) is 0 Å². The third-order valence-electron chi connectivity index (χ3n) is 2.16. The van der Waals surface area contributed by atoms with Crippen LogP contribution in [-0.2, 0) is 11.3 Å². The van der Waals surface area contributed by atoms with E-state index in [1.807, 2.05) is 0 Å². The van der Waals surface area contributed by atoms with Crippen molar-refractivity contribution in [2.75, 3.05) is 13.9 Å². The molecule has 1 aliphatic rings. The predicted octanol–water partition coefficient (Wildman–Crippen LogP) is 2.02. The van der Waals surface area contributed by atoms with Crippen LogP contribution >= 0.6 is 15.9 Å². The molecule has 0 radical (unpaired) electrons. The van der Waals surface area contributed by atoms with Crippen molar-refractivity contribution < 1.29 is 19.0 Å². The summed E-state index contributed by atoms with van der Waals surface area (Å²) in [5, 5.41) is 0. The summed E-state index contributed by atoms with van der Waals surface area (Å²) in [6, 6.07) is 1.74. The Bertz CT molecular complexity index is 468. The van der Waals surface area contributed by atoms with Crippen LogP contribution in [0.25, 0.3) is 0 Å². The molecule has 2 rings (SSSR count). The highest BCUT2D eigenvalue weighted by molar-refractivity contribution is 9.10. The van der Waals surface area contributed by atoms with Gasteiger partial charge in [0.15, 0.2) is 11.5 Å². The minimum atomic E-state index is 0.178. The number of methoxy groups -OCH3 is 1. The average molecular weight is 286 g/mol. The van der Waals surface area contributed by atoms with Crippen molar-refractivity contribution in [1.29, 1.82) is 0 Å². The first-order valence-electron chi connectivity index (χ1n) is 4.46. The highest BCUT2D eigenvalue weighted by atomic mass is 79.9. The molecule has 0 saturated heterocycles. The van der Waals surface area contributed by atoms with Crippen molar-refractivity contribution in [3.8, 4) is 17.2 Å². The standard InChI is InChI=1S/C10H8BrNO4/c1-14-9-6(3-12-4-13)2-7-10(8(9)11)16-5-15-7/h2H,3,5H2,1H3. The second-order valence-corrected chi connectivity index (χ2v) is 3.82. The van der Waals surface area contributed by atoms with Crippen molar-refractivity contribution in [2.24, 2.45) is 4.99 Å². The van der Waals surface area contributed by atoms with E-state index in [-0.39, 0.29) is 13.3 Å². The van der Waals surface area contributed by atoms with Gasteiger partial charge in [-0.1, -0.05) is 0 Å². The van der Waals surface area contributed by atoms with Crippen LogP contribution in [0.5, 0.6) is 17.2 Å². The molecule has 5 nitrogen and oxygen atoms in total. The second kappa shape index (κ2) is 4.55. The number of benzene rings is 1. The molecule has 0 bridgehead atoms. The van der Waals surface area contributed by atoms with Gasteiger partial charge in [0.1, 0.15) is 10.2 Å². The molecule has 1 heterocycles. The maximum Gasteiger partial charge on any atom is 0.235 e. The minimum absolute atomic E-state index is 0.178. The molecule has 0 aromatic heterocycles. The molecule has 84 valence electrons. The van der Waals surface area contributed by atoms with E-state index in [1.165, 1.54) is 13.2 Å². The van der Waals surface area contributed by atoms with Crippen LogP contribution in [-0.4, -0.2) is 20.0 Å². The summed E-state index contributed by atoms with van der Waals surface area (Å²) in [5.74, 6) is 1.81. The zero-order valence-corrected chi connectivity index (χ0v) is 10.0. The smallest absolute Gasteiger partial charge is 0.235 e. The van der Waals surface area contributed by atoms with Gasteiger partial charge >= 0.3 is 0 Å². The maximum absolute atomic E-state index is 10.1. The van der Waals surface area contributed by atoms with Gasteiger partial charge in [-0.25, -0.2) is 9.79 Å². The highest BCUT2D eigenvalue weighted by Gasteiger charge is 2.23. The number of hydrogen-bond acceptors (Lipinski definition) is 5. The number of carbonyl (C=O) groups excluding carboxylic acids is 1. The maximum atomic E-state index is 10.1. The van der Waals surface area contributed by atoms with Crippen molar-refractivity contribution in [3.05, 3.63) is 16.1 Å². The average Bonchev–Trinajstić information content (AvgIpc) is 2.75. The summed E-state index contributed by atoms with van der Waals surface area (Å²) in [6.07, 6.45) is 1.49. The molecule has 0 unspecified atom stereocenters. The lowest BCUT2D eigenvalue weighted by molar-refractivity contribution is 0.173. The zero-order chi connectivity index (χ0) is 11.5. The van der Waals surface area contributed by atoms with Crippen molar-refractivity contribution in [3.63, 3.8) is 0 Å². The van der Waals surface area contributed by atoms with E-state index in [4.69, 9.17) is 14.2 Å². The number of isocyanates is 1. The Morgan fingerprint density at radius 1 is 1.62 bits per heavy atom. The number of rotatable bonds is 3. The van der Waals surface area contributed by atoms with Gasteiger partial charge in [-0.3, -0.25) is 0 Å². The van der Waals surface area contributed by atoms with Crippen LogP contribution in [0.2, 0.25) is 0 Å². The number of ether oxygens (including phenoxy) is 3. The summed E-state index contributed by atoms with van der Waals surface area (Å²) in [6.45, 7) is 0.374. The normalized spacial score (nSPS) is 12.1. The lowest BCUT2D eigenvalue weighted by Gasteiger charge is -2.10. The number of halogens is 1. The molecule has 0 spiro atoms. The van der Waals surface area contributed by atoms with E-state index >= 15 is 0 Å². The Morgan fingerprint density at radius 3 is 3.12 bits per heavy atom. The van der Waals surface area contributed by atoms with Gasteiger partial charge < -0.3 is 14.2 Å². The predicted molar refractivity (Wildman–Crippen MR) is 58.6 cm³/mol. The Hall–Kier alpha value is -1.52. The van der Waals surface area contributed by atoms with Crippen LogP contribution in [0.4, 0.5) is 0 Å². The van der Waals surface area contributed by atoms with Crippen molar-refractivity contribution in [2.45, 2.75) is 6.54 Å². The lowest BCUT2D eigenvalue weighted by Crippen LogP contribution is -1.93. The summed E-state index contributed by atoms with van der Waals surface area (Å²) in [4.78, 5) is 13.6. The summed E-state index contributed by atoms with van der Waals surface area (Å²) >= 11 is 3.36. The molecule has 0 fully saturated rings. The SMILES string of the molecule is COc1c(CN=C=O)cc2c(c1Br)OCO2. The second-order valence-electron chi connectivity index (χ2n) is 3.02. The zero-order valence-electron chi connectivity index (χ0n) is 8.45. The van der Waals surface area contributed by atoms with Gasteiger partial charge in [-0.2, -0.15) is 0 Å². The fourth-order valence-corrected chi connectivity index (χ4v) is 2.22. The Balaban J connectivity index is 2.51. The molecule has 16 heavy (non-hydrogen) atoms. The van der Waals surface area contributed by atoms with E-state index in [9.17, 15) is 4.79 Å². The quantitative estimate of drug-likeness (QED) is 0.630.